The predicted octanol–water partition coefficient (Wildman–Crippen LogP) is 12.6. The van der Waals surface area contributed by atoms with Crippen LogP contribution in [0.25, 0.3) is 44.2 Å². The van der Waals surface area contributed by atoms with E-state index in [9.17, 15) is 24.6 Å². The Balaban J connectivity index is 0.697. The molecule has 3 amide bonds. The quantitative estimate of drug-likeness (QED) is 0.0506. The largest absolute Gasteiger partial charge is 0.508 e. The Hall–Kier alpha value is -8.20. The molecule has 9 heterocycles. The Morgan fingerprint density at radius 3 is 2.17 bits per heavy atom. The van der Waals surface area contributed by atoms with Crippen LogP contribution in [0.1, 0.15) is 150 Å². The van der Waals surface area contributed by atoms with Crippen LogP contribution >= 0.6 is 0 Å². The first-order valence-electron chi connectivity index (χ1n) is 35.2. The molecule has 5 fully saturated rings. The molecule has 522 valence electrons. The van der Waals surface area contributed by atoms with Crippen LogP contribution < -0.4 is 19.9 Å². The summed E-state index contributed by atoms with van der Waals surface area (Å²) in [5, 5.41) is 35.1. The number of phenolic OH excluding ortho intramolecular Hbond substituents is 1. The second-order valence-corrected chi connectivity index (χ2v) is 36.0. The van der Waals surface area contributed by atoms with E-state index in [4.69, 9.17) is 28.9 Å². The van der Waals surface area contributed by atoms with Gasteiger partial charge < -0.3 is 44.2 Å². The van der Waals surface area contributed by atoms with E-state index in [-0.39, 0.29) is 112 Å². The maximum absolute atomic E-state index is 18.0. The number of carbonyl (C=O) groups excluding carboxylic acids is 3. The molecular formula is C75H96F2N12O8Si. The lowest BCUT2D eigenvalue weighted by Gasteiger charge is -2.42. The normalized spacial score (nSPS) is 20.2. The molecule has 98 heavy (non-hydrogen) atoms. The first-order chi connectivity index (χ1) is 46.7. The number of fused-ring (bicyclic) bond motifs is 4. The summed E-state index contributed by atoms with van der Waals surface area (Å²) in [6.07, 6.45) is 6.84. The van der Waals surface area contributed by atoms with Crippen molar-refractivity contribution in [2.24, 2.45) is 24.8 Å². The number of aliphatic hydroxyl groups excluding tert-OH is 1. The lowest BCUT2D eigenvalue weighted by molar-refractivity contribution is -0.141. The summed E-state index contributed by atoms with van der Waals surface area (Å²) in [6.45, 7) is 29.6. The van der Waals surface area contributed by atoms with E-state index in [0.717, 1.165) is 75.1 Å². The molecule has 6 atom stereocenters. The zero-order valence-corrected chi connectivity index (χ0v) is 60.0. The molecule has 3 aromatic carbocycles. The number of β-amino-alcohol motifs (C(OH)–C–C–N with tert-alkyl or cyclic N) is 1. The number of rotatable bonds is 19. The second kappa shape index (κ2) is 28.2. The highest BCUT2D eigenvalue weighted by atomic mass is 28.3. The Labute approximate surface area is 574 Å². The number of amides is 3. The number of aromatic nitrogens is 6. The fourth-order valence-corrected chi connectivity index (χ4v) is 21.6. The number of phenols is 1. The van der Waals surface area contributed by atoms with Crippen molar-refractivity contribution in [2.75, 3.05) is 68.8 Å². The number of aliphatic hydroxyl groups is 1. The van der Waals surface area contributed by atoms with Gasteiger partial charge in [-0.15, -0.1) is 5.54 Å². The summed E-state index contributed by atoms with van der Waals surface area (Å²) in [5.74, 6) is 2.88. The van der Waals surface area contributed by atoms with Gasteiger partial charge in [-0.05, 0) is 148 Å². The number of aryl methyl sites for hydroxylation is 1. The first kappa shape index (κ1) is 69.7. The molecule has 0 aliphatic carbocycles. The van der Waals surface area contributed by atoms with Crippen LogP contribution in [-0.4, -0.2) is 170 Å². The molecule has 0 radical (unpaired) electrons. The van der Waals surface area contributed by atoms with Crippen molar-refractivity contribution in [1.82, 2.24) is 49.9 Å². The average molecular weight is 1360 g/mol. The molecule has 7 aromatic rings. The highest BCUT2D eigenvalue weighted by Crippen LogP contribution is 2.44. The zero-order valence-electron chi connectivity index (χ0n) is 59.0. The molecule has 4 aromatic heterocycles. The van der Waals surface area contributed by atoms with Crippen LogP contribution in [-0.2, 0) is 21.4 Å². The standard InChI is InChI=1S/C75H96F2N12O8Si/c1-43(2)65(72(93)88-42-56(91)35-62(88)71(92)80-47(9)50-14-16-51(17-15-50)61-22-26-79-84(61)13)63-36-64(83-97-63)86-38-49(39-86)32-48-23-27-85(28-24-48)29-30-95-73-81-69-59(70(82-73)87-40-53-19-20-54(41-87)89(53)74(94)96-75(10,11)12)37-78-68(67(69)77)58-34-55(90)33-52-18-21-60(76)57(66(52)58)25-31-98(44(3)4,45(5)6)46(7)8/h14-18,21-22,26,33-34,36-37,43-49,53-54,56,62,65,90-91H,19-20,23-24,27-30,32,35,38-42H2,1-13H3,(H,80,92)/t47-,53?,54?,56+,62-,65+/m0/s1. The Morgan fingerprint density at radius 2 is 1.53 bits per heavy atom. The van der Waals surface area contributed by atoms with Crippen molar-refractivity contribution in [3.8, 4) is 45.7 Å². The van der Waals surface area contributed by atoms with Crippen LogP contribution in [0.15, 0.2) is 77.6 Å². The van der Waals surface area contributed by atoms with Gasteiger partial charge in [0.1, 0.15) is 60.8 Å². The van der Waals surface area contributed by atoms with Crippen LogP contribution in [0.4, 0.5) is 25.2 Å². The lowest BCUT2D eigenvalue weighted by Crippen LogP contribution is -2.57. The maximum atomic E-state index is 18.0. The minimum Gasteiger partial charge on any atom is -0.508 e. The topological polar surface area (TPSA) is 221 Å². The SMILES string of the molecule is CC(C)[C@@H](C(=O)N1C[C@H](O)C[C@H]1C(=O)N[C@@H](C)c1ccc(-c2ccnn2C)cc1)c1cc(N2CC(CC3CCN(CCOc4nc(N5CC6CCC(C5)N6C(=O)OC(C)(C)C)c5cnc(-c6cc(O)cc7ccc(F)c(C#C[Si](C(C)C)(C(C)C)C(C)C)c67)c(F)c5n4)CC3)C2)no1. The summed E-state index contributed by atoms with van der Waals surface area (Å²) in [7, 11) is -0.470. The number of hydrogen-bond acceptors (Lipinski definition) is 16. The van der Waals surface area contributed by atoms with Gasteiger partial charge in [0, 0.05) is 82.1 Å². The number of piperidine rings is 1. The molecule has 5 aliphatic heterocycles. The molecule has 20 nitrogen and oxygen atoms in total. The van der Waals surface area contributed by atoms with E-state index in [1.807, 2.05) is 89.9 Å². The monoisotopic (exact) mass is 1360 g/mol. The summed E-state index contributed by atoms with van der Waals surface area (Å²) >= 11 is 0. The van der Waals surface area contributed by atoms with Crippen LogP contribution in [0.5, 0.6) is 11.8 Å². The number of likely N-dealkylation sites (tertiary alicyclic amines) is 2. The zero-order chi connectivity index (χ0) is 69.8. The third-order valence-electron chi connectivity index (χ3n) is 21.4. The smallest absolute Gasteiger partial charge is 0.410 e. The van der Waals surface area contributed by atoms with E-state index in [0.29, 0.717) is 65.0 Å². The molecular weight excluding hydrogens is 1260 g/mol. The highest BCUT2D eigenvalue weighted by molar-refractivity contribution is 6.90. The molecule has 0 saturated carbocycles. The highest BCUT2D eigenvalue weighted by Gasteiger charge is 2.47. The molecule has 2 bridgehead atoms. The molecule has 23 heteroatoms. The van der Waals surface area contributed by atoms with E-state index in [1.54, 1.807) is 23.1 Å². The predicted molar refractivity (Wildman–Crippen MR) is 377 cm³/mol. The fraction of sp³-hybridized carbons (Fsp3) is 0.547. The minimum atomic E-state index is -2.36. The average Bonchev–Trinajstić information content (AvgIpc) is 0.871. The number of aromatic hydroxyl groups is 1. The van der Waals surface area contributed by atoms with Crippen molar-refractivity contribution in [2.45, 2.75) is 180 Å². The molecule has 5 aliphatic rings. The number of pyridine rings is 1. The minimum absolute atomic E-state index is 0.0119. The van der Waals surface area contributed by atoms with Crippen molar-refractivity contribution < 1.29 is 47.4 Å². The summed E-state index contributed by atoms with van der Waals surface area (Å²) in [5.41, 5.74) is 6.85. The van der Waals surface area contributed by atoms with Gasteiger partial charge in [-0.25, -0.2) is 13.6 Å². The van der Waals surface area contributed by atoms with Crippen molar-refractivity contribution >= 4 is 59.3 Å². The lowest BCUT2D eigenvalue weighted by atomic mass is 9.83. The summed E-state index contributed by atoms with van der Waals surface area (Å²) in [4.78, 5) is 66.5. The Morgan fingerprint density at radius 1 is 0.837 bits per heavy atom. The molecule has 5 saturated heterocycles. The summed E-state index contributed by atoms with van der Waals surface area (Å²) in [6, 6.07) is 16.1. The number of carbonyl (C=O) groups is 3. The van der Waals surface area contributed by atoms with Gasteiger partial charge in [0.2, 0.25) is 11.8 Å². The number of halogens is 2. The third-order valence-corrected chi connectivity index (χ3v) is 27.7. The third kappa shape index (κ3) is 14.1. The fourth-order valence-electron chi connectivity index (χ4n) is 16.4. The van der Waals surface area contributed by atoms with Crippen molar-refractivity contribution in [1.29, 1.82) is 0 Å². The molecule has 3 N–H and O–H groups in total. The van der Waals surface area contributed by atoms with Crippen molar-refractivity contribution in [3.63, 3.8) is 0 Å². The Kier molecular flexibility index (Phi) is 20.1. The van der Waals surface area contributed by atoms with Crippen LogP contribution in [0, 0.1) is 40.9 Å². The van der Waals surface area contributed by atoms with E-state index in [1.165, 1.54) is 23.1 Å². The van der Waals surface area contributed by atoms with Gasteiger partial charge in [0.25, 0.3) is 0 Å². The number of ether oxygens (including phenoxy) is 2. The number of piperazine rings is 1. The van der Waals surface area contributed by atoms with Gasteiger partial charge in [-0.3, -0.25) is 29.1 Å². The Bertz CT molecular complexity index is 4110. The number of nitrogens with zero attached hydrogens (tertiary/aromatic N) is 11. The number of anilines is 2. The first-order valence-corrected chi connectivity index (χ1v) is 37.4. The van der Waals surface area contributed by atoms with Crippen molar-refractivity contribution in [3.05, 3.63) is 102 Å². The van der Waals surface area contributed by atoms with E-state index in [2.05, 4.69) is 83.3 Å². The molecule has 12 rings (SSSR count). The van der Waals surface area contributed by atoms with Gasteiger partial charge in [0.05, 0.1) is 40.9 Å². The second-order valence-electron chi connectivity index (χ2n) is 30.4. The molecule has 0 spiro atoms. The van der Waals surface area contributed by atoms with Gasteiger partial charge in [0.15, 0.2) is 17.4 Å². The van der Waals surface area contributed by atoms with E-state index >= 15 is 8.78 Å². The van der Waals surface area contributed by atoms with Gasteiger partial charge in [-0.2, -0.15) is 15.1 Å². The van der Waals surface area contributed by atoms with E-state index < -0.39 is 43.4 Å². The van der Waals surface area contributed by atoms with Crippen LogP contribution in [0.2, 0.25) is 16.6 Å². The maximum Gasteiger partial charge on any atom is 0.410 e. The van der Waals surface area contributed by atoms with Crippen LogP contribution in [0.3, 0.4) is 0 Å². The molecule has 2 unspecified atom stereocenters. The van der Waals surface area contributed by atoms with Gasteiger partial charge >= 0.3 is 12.1 Å². The summed E-state index contributed by atoms with van der Waals surface area (Å²) < 4.78 is 54.4. The number of hydrogen-bond donors (Lipinski definition) is 3. The number of benzene rings is 3. The van der Waals surface area contributed by atoms with Gasteiger partial charge in [-0.1, -0.05) is 96.8 Å². The number of nitrogens with one attached hydrogen (secondary N) is 1.